The smallest absolute Gasteiger partial charge is 0.314 e. The molecule has 0 radical (unpaired) electrons. The van der Waals surface area contributed by atoms with Gasteiger partial charge < -0.3 is 10.6 Å². The van der Waals surface area contributed by atoms with Gasteiger partial charge in [-0.1, -0.05) is 37.6 Å². The number of likely N-dealkylation sites (tertiary alicyclic amines) is 1. The fourth-order valence-corrected chi connectivity index (χ4v) is 2.97. The van der Waals surface area contributed by atoms with Gasteiger partial charge in [0.1, 0.15) is 0 Å². The summed E-state index contributed by atoms with van der Waals surface area (Å²) in [5, 5.41) is 6.64. The van der Waals surface area contributed by atoms with Gasteiger partial charge in [-0.25, -0.2) is 4.79 Å². The van der Waals surface area contributed by atoms with Crippen molar-refractivity contribution in [2.45, 2.75) is 32.7 Å². The molecule has 1 saturated heterocycles. The van der Waals surface area contributed by atoms with Gasteiger partial charge in [0.25, 0.3) is 0 Å². The first-order valence-corrected chi connectivity index (χ1v) is 8.45. The van der Waals surface area contributed by atoms with E-state index in [4.69, 9.17) is 11.6 Å². The Morgan fingerprint density at radius 3 is 2.55 bits per heavy atom. The quantitative estimate of drug-likeness (QED) is 0.842. The van der Waals surface area contributed by atoms with Gasteiger partial charge in [-0.15, -0.1) is 0 Å². The van der Waals surface area contributed by atoms with E-state index in [-0.39, 0.29) is 12.1 Å². The molecule has 1 aliphatic rings. The van der Waals surface area contributed by atoms with Crippen LogP contribution in [0.2, 0.25) is 5.02 Å². The van der Waals surface area contributed by atoms with Gasteiger partial charge in [0.05, 0.1) is 6.04 Å². The molecule has 122 valence electrons. The lowest BCUT2D eigenvalue weighted by Gasteiger charge is -2.28. The number of rotatable bonds is 6. The predicted molar refractivity (Wildman–Crippen MR) is 91.2 cm³/mol. The molecule has 0 spiro atoms. The SMILES string of the molecule is CC(C)CNC(=O)NCC(c1cccc(Cl)c1)N1CCCC1. The standard InChI is InChI=1S/C17H26ClN3O/c1-13(2)11-19-17(22)20-12-16(21-8-3-4-9-21)14-6-5-7-15(18)10-14/h5-7,10,13,16H,3-4,8-9,11-12H2,1-2H3,(H2,19,20,22). The molecule has 1 aliphatic heterocycles. The molecule has 2 rings (SSSR count). The van der Waals surface area contributed by atoms with Crippen molar-refractivity contribution in [3.63, 3.8) is 0 Å². The first kappa shape index (κ1) is 17.1. The van der Waals surface area contributed by atoms with Gasteiger partial charge in [-0.05, 0) is 49.5 Å². The molecule has 1 aromatic rings. The molecule has 2 amide bonds. The van der Waals surface area contributed by atoms with Crippen LogP contribution in [-0.4, -0.2) is 37.1 Å². The summed E-state index contributed by atoms with van der Waals surface area (Å²) in [7, 11) is 0. The van der Waals surface area contributed by atoms with Crippen molar-refractivity contribution >= 4 is 17.6 Å². The highest BCUT2D eigenvalue weighted by molar-refractivity contribution is 6.30. The first-order chi connectivity index (χ1) is 10.6. The summed E-state index contributed by atoms with van der Waals surface area (Å²) in [6, 6.07) is 8.03. The van der Waals surface area contributed by atoms with Crippen molar-refractivity contribution < 1.29 is 4.79 Å². The lowest BCUT2D eigenvalue weighted by Crippen LogP contribution is -2.42. The normalized spacial score (nSPS) is 16.7. The maximum atomic E-state index is 11.9. The second-order valence-electron chi connectivity index (χ2n) is 6.30. The van der Waals surface area contributed by atoms with Crippen molar-refractivity contribution in [3.8, 4) is 0 Å². The molecule has 0 aliphatic carbocycles. The second-order valence-corrected chi connectivity index (χ2v) is 6.74. The molecule has 22 heavy (non-hydrogen) atoms. The monoisotopic (exact) mass is 323 g/mol. The van der Waals surface area contributed by atoms with Crippen LogP contribution in [0.3, 0.4) is 0 Å². The second kappa shape index (κ2) is 8.39. The van der Waals surface area contributed by atoms with Crippen molar-refractivity contribution in [1.29, 1.82) is 0 Å². The van der Waals surface area contributed by atoms with E-state index in [0.29, 0.717) is 19.0 Å². The molecule has 4 nitrogen and oxygen atoms in total. The Balaban J connectivity index is 1.98. The third-order valence-electron chi connectivity index (χ3n) is 3.94. The maximum Gasteiger partial charge on any atom is 0.314 e. The van der Waals surface area contributed by atoms with Crippen LogP contribution in [0.1, 0.15) is 38.3 Å². The van der Waals surface area contributed by atoms with Crippen LogP contribution in [0, 0.1) is 5.92 Å². The van der Waals surface area contributed by atoms with E-state index in [1.807, 2.05) is 18.2 Å². The molecule has 1 unspecified atom stereocenters. The number of hydrogen-bond donors (Lipinski definition) is 2. The third kappa shape index (κ3) is 5.18. The van der Waals surface area contributed by atoms with Crippen molar-refractivity contribution in [2.24, 2.45) is 5.92 Å². The number of nitrogens with one attached hydrogen (secondary N) is 2. The Bertz CT molecular complexity index is 487. The zero-order valence-corrected chi connectivity index (χ0v) is 14.2. The minimum absolute atomic E-state index is 0.0973. The molecular weight excluding hydrogens is 298 g/mol. The van der Waals surface area contributed by atoms with Crippen LogP contribution < -0.4 is 10.6 Å². The van der Waals surface area contributed by atoms with Gasteiger partial charge >= 0.3 is 6.03 Å². The van der Waals surface area contributed by atoms with E-state index in [2.05, 4.69) is 35.4 Å². The van der Waals surface area contributed by atoms with Crippen LogP contribution in [0.15, 0.2) is 24.3 Å². The molecule has 0 bridgehead atoms. The van der Waals surface area contributed by atoms with Gasteiger partial charge in [0, 0.05) is 18.1 Å². The Hall–Kier alpha value is -1.26. The molecule has 0 saturated carbocycles. The van der Waals surface area contributed by atoms with Crippen LogP contribution in [0.4, 0.5) is 4.79 Å². The van der Waals surface area contributed by atoms with E-state index >= 15 is 0 Å². The number of nitrogens with zero attached hydrogens (tertiary/aromatic N) is 1. The van der Waals surface area contributed by atoms with Crippen LogP contribution >= 0.6 is 11.6 Å². The summed E-state index contributed by atoms with van der Waals surface area (Å²) in [5.41, 5.74) is 1.17. The molecule has 1 atom stereocenters. The number of carbonyl (C=O) groups is 1. The average Bonchev–Trinajstić information content (AvgIpc) is 2.99. The van der Waals surface area contributed by atoms with Gasteiger partial charge in [-0.2, -0.15) is 0 Å². The van der Waals surface area contributed by atoms with E-state index in [1.165, 1.54) is 18.4 Å². The van der Waals surface area contributed by atoms with E-state index < -0.39 is 0 Å². The molecular formula is C17H26ClN3O. The maximum absolute atomic E-state index is 11.9. The molecule has 1 fully saturated rings. The zero-order chi connectivity index (χ0) is 15.9. The minimum atomic E-state index is -0.0973. The Morgan fingerprint density at radius 2 is 1.91 bits per heavy atom. The number of benzene rings is 1. The summed E-state index contributed by atoms with van der Waals surface area (Å²) < 4.78 is 0. The number of urea groups is 1. The molecule has 1 aromatic carbocycles. The molecule has 1 heterocycles. The Kier molecular flexibility index (Phi) is 6.52. The number of halogens is 1. The summed E-state index contributed by atoms with van der Waals surface area (Å²) in [4.78, 5) is 14.3. The number of amides is 2. The Labute approximate surface area is 138 Å². The lowest BCUT2D eigenvalue weighted by atomic mass is 10.1. The summed E-state index contributed by atoms with van der Waals surface area (Å²) in [6.07, 6.45) is 2.44. The number of hydrogen-bond acceptors (Lipinski definition) is 2. The fourth-order valence-electron chi connectivity index (χ4n) is 2.77. The van der Waals surface area contributed by atoms with Gasteiger partial charge in [0.2, 0.25) is 0 Å². The van der Waals surface area contributed by atoms with E-state index in [0.717, 1.165) is 18.1 Å². The molecule has 0 aromatic heterocycles. The third-order valence-corrected chi connectivity index (χ3v) is 4.18. The summed E-state index contributed by atoms with van der Waals surface area (Å²) in [5.74, 6) is 0.452. The molecule has 2 N–H and O–H groups in total. The lowest BCUT2D eigenvalue weighted by molar-refractivity contribution is 0.220. The highest BCUT2D eigenvalue weighted by Crippen LogP contribution is 2.26. The highest BCUT2D eigenvalue weighted by Gasteiger charge is 2.24. The Morgan fingerprint density at radius 1 is 1.23 bits per heavy atom. The fraction of sp³-hybridized carbons (Fsp3) is 0.588. The van der Waals surface area contributed by atoms with Crippen molar-refractivity contribution in [3.05, 3.63) is 34.9 Å². The zero-order valence-electron chi connectivity index (χ0n) is 13.4. The van der Waals surface area contributed by atoms with Crippen LogP contribution in [-0.2, 0) is 0 Å². The van der Waals surface area contributed by atoms with Crippen molar-refractivity contribution in [1.82, 2.24) is 15.5 Å². The first-order valence-electron chi connectivity index (χ1n) is 8.07. The number of carbonyl (C=O) groups excluding carboxylic acids is 1. The highest BCUT2D eigenvalue weighted by atomic mass is 35.5. The average molecular weight is 324 g/mol. The summed E-state index contributed by atoms with van der Waals surface area (Å²) in [6.45, 7) is 7.61. The van der Waals surface area contributed by atoms with Crippen LogP contribution in [0.5, 0.6) is 0 Å². The van der Waals surface area contributed by atoms with Crippen LogP contribution in [0.25, 0.3) is 0 Å². The van der Waals surface area contributed by atoms with Gasteiger partial charge in [-0.3, -0.25) is 4.90 Å². The van der Waals surface area contributed by atoms with Gasteiger partial charge in [0.15, 0.2) is 0 Å². The van der Waals surface area contributed by atoms with E-state index in [9.17, 15) is 4.79 Å². The largest absolute Gasteiger partial charge is 0.338 e. The minimum Gasteiger partial charge on any atom is -0.338 e. The molecule has 5 heteroatoms. The topological polar surface area (TPSA) is 44.4 Å². The summed E-state index contributed by atoms with van der Waals surface area (Å²) >= 11 is 6.12. The predicted octanol–water partition coefficient (Wildman–Crippen LogP) is 3.43. The van der Waals surface area contributed by atoms with Crippen molar-refractivity contribution in [2.75, 3.05) is 26.2 Å². The van der Waals surface area contributed by atoms with E-state index in [1.54, 1.807) is 0 Å².